The predicted octanol–water partition coefficient (Wildman–Crippen LogP) is 3.33. The zero-order chi connectivity index (χ0) is 18.7. The molecule has 0 spiro atoms. The molecule has 0 heterocycles. The second kappa shape index (κ2) is 8.15. The van der Waals surface area contributed by atoms with Gasteiger partial charge in [0.25, 0.3) is 0 Å². The van der Waals surface area contributed by atoms with E-state index in [0.29, 0.717) is 10.8 Å². The van der Waals surface area contributed by atoms with Gasteiger partial charge in [0, 0.05) is 0 Å². The highest BCUT2D eigenvalue weighted by Crippen LogP contribution is 2.35. The first-order valence-electron chi connectivity index (χ1n) is 8.32. The number of rotatable bonds is 7. The molecule has 0 amide bonds. The molecule has 4 nitrogen and oxygen atoms in total. The average Bonchev–Trinajstić information content (AvgIpc) is 2.50. The Morgan fingerprint density at radius 1 is 1.04 bits per heavy atom. The fourth-order valence-electron chi connectivity index (χ4n) is 2.57. The van der Waals surface area contributed by atoms with Crippen LogP contribution in [-0.2, 0) is 10.0 Å². The number of aliphatic hydroxyl groups excluding tert-OH is 1. The molecule has 1 rings (SSSR count). The van der Waals surface area contributed by atoms with E-state index in [1.54, 1.807) is 0 Å². The molecule has 1 aromatic carbocycles. The summed E-state index contributed by atoms with van der Waals surface area (Å²) >= 11 is 0. The topological polar surface area (TPSA) is 66.4 Å². The molecule has 0 bridgehead atoms. The number of nitrogens with one attached hydrogen (secondary N) is 1. The van der Waals surface area contributed by atoms with E-state index in [4.69, 9.17) is 6.42 Å². The number of hydrogen-bond acceptors (Lipinski definition) is 3. The van der Waals surface area contributed by atoms with E-state index in [0.717, 1.165) is 16.7 Å². The molecule has 0 unspecified atom stereocenters. The highest BCUT2D eigenvalue weighted by Gasteiger charge is 2.28. The van der Waals surface area contributed by atoms with Gasteiger partial charge in [-0.1, -0.05) is 59.6 Å². The SMILES string of the molecule is C#C[C@H](CO)NS(=O)(=O)c1c(C(C)C)cc(C(C)C)cc1C(C)C. The van der Waals surface area contributed by atoms with Crippen LogP contribution in [0, 0.1) is 12.3 Å². The van der Waals surface area contributed by atoms with E-state index in [1.807, 2.05) is 39.8 Å². The molecule has 0 radical (unpaired) electrons. The van der Waals surface area contributed by atoms with Crippen molar-refractivity contribution in [1.29, 1.82) is 0 Å². The van der Waals surface area contributed by atoms with Gasteiger partial charge >= 0.3 is 0 Å². The minimum atomic E-state index is -3.83. The van der Waals surface area contributed by atoms with Gasteiger partial charge in [-0.3, -0.25) is 0 Å². The lowest BCUT2D eigenvalue weighted by atomic mass is 9.89. The van der Waals surface area contributed by atoms with Gasteiger partial charge in [0.1, 0.15) is 6.04 Å². The molecule has 2 N–H and O–H groups in total. The molecule has 1 atom stereocenters. The summed E-state index contributed by atoms with van der Waals surface area (Å²) in [6, 6.07) is 3.01. The van der Waals surface area contributed by atoms with Crippen molar-refractivity contribution in [3.63, 3.8) is 0 Å². The van der Waals surface area contributed by atoms with Crippen LogP contribution in [0.3, 0.4) is 0 Å². The molecule has 24 heavy (non-hydrogen) atoms. The molecular formula is C19H29NO3S. The first-order valence-corrected chi connectivity index (χ1v) is 9.80. The maximum absolute atomic E-state index is 13.0. The lowest BCUT2D eigenvalue weighted by molar-refractivity contribution is 0.280. The molecule has 0 saturated heterocycles. The summed E-state index contributed by atoms with van der Waals surface area (Å²) in [5, 5.41) is 9.24. The van der Waals surface area contributed by atoms with Gasteiger partial charge in [0.2, 0.25) is 10.0 Å². The Kier molecular flexibility index (Phi) is 7.03. The standard InChI is InChI=1S/C19H29NO3S/c1-8-16(11-21)20-24(22,23)19-17(13(4)5)9-15(12(2)3)10-18(19)14(6)7/h1,9-10,12-14,16,20-21H,11H2,2-7H3/t16-/m1/s1. The monoisotopic (exact) mass is 351 g/mol. The van der Waals surface area contributed by atoms with Crippen molar-refractivity contribution >= 4 is 10.0 Å². The second-order valence-corrected chi connectivity index (χ2v) is 8.67. The molecule has 0 fully saturated rings. The summed E-state index contributed by atoms with van der Waals surface area (Å²) < 4.78 is 28.4. The van der Waals surface area contributed by atoms with Crippen molar-refractivity contribution in [1.82, 2.24) is 4.72 Å². The Bertz CT molecular complexity index is 684. The highest BCUT2D eigenvalue weighted by atomic mass is 32.2. The van der Waals surface area contributed by atoms with Gasteiger partial charge in [0.05, 0.1) is 11.5 Å². The Morgan fingerprint density at radius 3 is 1.79 bits per heavy atom. The third kappa shape index (κ3) is 4.60. The van der Waals surface area contributed by atoms with Crippen LogP contribution in [0.25, 0.3) is 0 Å². The molecule has 0 aliphatic heterocycles. The summed E-state index contributed by atoms with van der Waals surface area (Å²) in [6.07, 6.45) is 5.29. The Labute approximate surface area is 146 Å². The Hall–Kier alpha value is -1.35. The van der Waals surface area contributed by atoms with Gasteiger partial charge in [0.15, 0.2) is 0 Å². The number of sulfonamides is 1. The minimum absolute atomic E-state index is 0.0474. The fraction of sp³-hybridized carbons (Fsp3) is 0.579. The van der Waals surface area contributed by atoms with Crippen molar-refractivity contribution in [3.8, 4) is 12.3 Å². The van der Waals surface area contributed by atoms with E-state index in [9.17, 15) is 13.5 Å². The maximum atomic E-state index is 13.0. The van der Waals surface area contributed by atoms with Gasteiger partial charge in [-0.15, -0.1) is 6.42 Å². The molecule has 5 heteroatoms. The van der Waals surface area contributed by atoms with Crippen LogP contribution in [0.2, 0.25) is 0 Å². The van der Waals surface area contributed by atoms with Crippen LogP contribution in [0.4, 0.5) is 0 Å². The molecule has 0 aliphatic rings. The summed E-state index contributed by atoms with van der Waals surface area (Å²) in [6.45, 7) is 11.7. The molecule has 134 valence electrons. The van der Waals surface area contributed by atoms with Crippen LogP contribution in [0.15, 0.2) is 17.0 Å². The zero-order valence-corrected chi connectivity index (χ0v) is 16.2. The molecular weight excluding hydrogens is 322 g/mol. The molecule has 0 saturated carbocycles. The van der Waals surface area contributed by atoms with Crippen LogP contribution >= 0.6 is 0 Å². The van der Waals surface area contributed by atoms with Gasteiger partial charge in [-0.25, -0.2) is 8.42 Å². The van der Waals surface area contributed by atoms with E-state index >= 15 is 0 Å². The van der Waals surface area contributed by atoms with Gasteiger partial charge in [-0.05, 0) is 34.4 Å². The average molecular weight is 352 g/mol. The number of hydrogen-bond donors (Lipinski definition) is 2. The number of benzene rings is 1. The van der Waals surface area contributed by atoms with E-state index in [1.165, 1.54) is 0 Å². The Morgan fingerprint density at radius 2 is 1.50 bits per heavy atom. The number of aliphatic hydroxyl groups is 1. The first kappa shape index (κ1) is 20.7. The van der Waals surface area contributed by atoms with Crippen LogP contribution in [0.5, 0.6) is 0 Å². The van der Waals surface area contributed by atoms with Crippen molar-refractivity contribution in [2.45, 2.75) is 70.2 Å². The smallest absolute Gasteiger partial charge is 0.242 e. The molecule has 1 aromatic rings. The van der Waals surface area contributed by atoms with E-state index in [-0.39, 0.29) is 11.8 Å². The maximum Gasteiger partial charge on any atom is 0.242 e. The van der Waals surface area contributed by atoms with Gasteiger partial charge in [-0.2, -0.15) is 4.72 Å². The number of terminal acetylenes is 1. The first-order chi connectivity index (χ1) is 11.0. The summed E-state index contributed by atoms with van der Waals surface area (Å²) in [5.41, 5.74) is 2.69. The minimum Gasteiger partial charge on any atom is -0.394 e. The fourth-order valence-corrected chi connectivity index (χ4v) is 4.41. The highest BCUT2D eigenvalue weighted by molar-refractivity contribution is 7.89. The quantitative estimate of drug-likeness (QED) is 0.741. The lowest BCUT2D eigenvalue weighted by Crippen LogP contribution is -2.37. The summed E-state index contributed by atoms with van der Waals surface area (Å²) in [5.74, 6) is 2.67. The Balaban J connectivity index is 3.69. The third-order valence-corrected chi connectivity index (χ3v) is 5.63. The summed E-state index contributed by atoms with van der Waals surface area (Å²) in [7, 11) is -3.83. The van der Waals surface area contributed by atoms with E-state index < -0.39 is 22.7 Å². The van der Waals surface area contributed by atoms with E-state index in [2.05, 4.69) is 24.5 Å². The van der Waals surface area contributed by atoms with Crippen molar-refractivity contribution in [2.24, 2.45) is 0 Å². The van der Waals surface area contributed by atoms with Crippen LogP contribution in [-0.4, -0.2) is 26.2 Å². The predicted molar refractivity (Wildman–Crippen MR) is 98.7 cm³/mol. The third-order valence-electron chi connectivity index (χ3n) is 4.03. The van der Waals surface area contributed by atoms with Crippen LogP contribution in [0.1, 0.15) is 76.0 Å². The largest absolute Gasteiger partial charge is 0.394 e. The zero-order valence-electron chi connectivity index (χ0n) is 15.4. The second-order valence-electron chi connectivity index (χ2n) is 7.02. The van der Waals surface area contributed by atoms with Crippen molar-refractivity contribution in [3.05, 3.63) is 28.8 Å². The summed E-state index contributed by atoms with van der Waals surface area (Å²) in [4.78, 5) is 0.297. The van der Waals surface area contributed by atoms with Gasteiger partial charge < -0.3 is 5.11 Å². The normalized spacial score (nSPS) is 13.5. The molecule has 0 aliphatic carbocycles. The van der Waals surface area contributed by atoms with Crippen LogP contribution < -0.4 is 4.72 Å². The van der Waals surface area contributed by atoms with Crippen molar-refractivity contribution < 1.29 is 13.5 Å². The van der Waals surface area contributed by atoms with Crippen molar-refractivity contribution in [2.75, 3.05) is 6.61 Å². The molecule has 0 aromatic heterocycles. The lowest BCUT2D eigenvalue weighted by Gasteiger charge is -2.23.